The Hall–Kier alpha value is -2.24. The maximum Gasteiger partial charge on any atom is 0.181 e. The highest BCUT2D eigenvalue weighted by molar-refractivity contribution is 9.10. The van der Waals surface area contributed by atoms with Gasteiger partial charge in [0.2, 0.25) is 0 Å². The van der Waals surface area contributed by atoms with Crippen LogP contribution in [0.2, 0.25) is 0 Å². The number of aromatic amines is 1. The third kappa shape index (κ3) is 2.98. The lowest BCUT2D eigenvalue weighted by Crippen LogP contribution is -1.83. The van der Waals surface area contributed by atoms with Gasteiger partial charge in [-0.15, -0.1) is 11.3 Å². The fourth-order valence-corrected chi connectivity index (χ4v) is 3.48. The summed E-state index contributed by atoms with van der Waals surface area (Å²) >= 11 is 5.17. The van der Waals surface area contributed by atoms with E-state index in [1.807, 2.05) is 41.8 Å². The molecule has 3 nitrogen and oxygen atoms in total. The molecule has 2 aromatic carbocycles. The molecule has 2 aromatic heterocycles. The normalized spacial score (nSPS) is 10.8. The summed E-state index contributed by atoms with van der Waals surface area (Å²) in [4.78, 5) is 5.70. The third-order valence-electron chi connectivity index (χ3n) is 3.52. The van der Waals surface area contributed by atoms with Crippen LogP contribution in [0.5, 0.6) is 0 Å². The lowest BCUT2D eigenvalue weighted by Gasteiger charge is -2.04. The van der Waals surface area contributed by atoms with E-state index in [4.69, 9.17) is 0 Å². The van der Waals surface area contributed by atoms with E-state index < -0.39 is 0 Å². The fraction of sp³-hybridized carbons (Fsp3) is 0. The number of hydrogen-bond acceptors (Lipinski definition) is 3. The smallest absolute Gasteiger partial charge is 0.181 e. The number of halogens is 1. The average Bonchev–Trinajstić information content (AvgIpc) is 3.26. The molecule has 0 saturated heterocycles. The first-order valence-corrected chi connectivity index (χ1v) is 8.79. The van der Waals surface area contributed by atoms with Crippen molar-refractivity contribution in [1.82, 2.24) is 15.2 Å². The number of nitrogens with zero attached hydrogens (tertiary/aromatic N) is 2. The number of aromatic nitrogens is 3. The monoisotopic (exact) mass is 381 g/mol. The lowest BCUT2D eigenvalue weighted by atomic mass is 10.0. The molecule has 4 rings (SSSR count). The molecule has 0 aliphatic carbocycles. The molecule has 1 N–H and O–H groups in total. The Labute approximate surface area is 146 Å². The lowest BCUT2D eigenvalue weighted by molar-refractivity contribution is 1.10. The van der Waals surface area contributed by atoms with Gasteiger partial charge in [0.15, 0.2) is 11.6 Å². The fourth-order valence-electron chi connectivity index (χ4n) is 2.42. The second kappa shape index (κ2) is 6.10. The zero-order chi connectivity index (χ0) is 15.6. The van der Waals surface area contributed by atoms with Crippen molar-refractivity contribution < 1.29 is 0 Å². The van der Waals surface area contributed by atoms with Crippen molar-refractivity contribution in [1.29, 1.82) is 0 Å². The van der Waals surface area contributed by atoms with Crippen molar-refractivity contribution in [2.45, 2.75) is 0 Å². The minimum absolute atomic E-state index is 0.713. The van der Waals surface area contributed by atoms with Crippen molar-refractivity contribution in [3.8, 4) is 33.2 Å². The van der Waals surface area contributed by atoms with Crippen LogP contribution in [0.15, 0.2) is 70.5 Å². The van der Waals surface area contributed by atoms with E-state index >= 15 is 0 Å². The van der Waals surface area contributed by atoms with Gasteiger partial charge in [0.25, 0.3) is 0 Å². The molecule has 0 amide bonds. The van der Waals surface area contributed by atoms with Gasteiger partial charge in [-0.2, -0.15) is 5.10 Å². The predicted molar refractivity (Wildman–Crippen MR) is 98.3 cm³/mol. The Morgan fingerprint density at radius 3 is 2.43 bits per heavy atom. The van der Waals surface area contributed by atoms with Crippen molar-refractivity contribution in [2.24, 2.45) is 0 Å². The second-order valence-electron chi connectivity index (χ2n) is 5.08. The maximum atomic E-state index is 4.61. The Balaban J connectivity index is 1.72. The van der Waals surface area contributed by atoms with Crippen LogP contribution in [-0.2, 0) is 0 Å². The first-order chi connectivity index (χ1) is 11.3. The van der Waals surface area contributed by atoms with Gasteiger partial charge >= 0.3 is 0 Å². The average molecular weight is 382 g/mol. The Kier molecular flexibility index (Phi) is 3.81. The van der Waals surface area contributed by atoms with Crippen LogP contribution < -0.4 is 0 Å². The molecule has 23 heavy (non-hydrogen) atoms. The summed E-state index contributed by atoms with van der Waals surface area (Å²) in [5.41, 5.74) is 3.31. The van der Waals surface area contributed by atoms with Gasteiger partial charge in [-0.05, 0) is 40.8 Å². The molecule has 0 aliphatic heterocycles. The van der Waals surface area contributed by atoms with Gasteiger partial charge in [-0.1, -0.05) is 52.3 Å². The summed E-state index contributed by atoms with van der Waals surface area (Å²) in [5, 5.41) is 9.41. The molecule has 4 aromatic rings. The van der Waals surface area contributed by atoms with Gasteiger partial charge in [0, 0.05) is 10.0 Å². The summed E-state index contributed by atoms with van der Waals surface area (Å²) in [7, 11) is 0. The number of H-pyrrole nitrogens is 1. The molecule has 0 saturated carbocycles. The summed E-state index contributed by atoms with van der Waals surface area (Å²) in [6.45, 7) is 0. The number of nitrogens with one attached hydrogen (secondary N) is 1. The highest BCUT2D eigenvalue weighted by atomic mass is 79.9. The maximum absolute atomic E-state index is 4.61. The summed E-state index contributed by atoms with van der Waals surface area (Å²) in [6, 6.07) is 20.6. The standard InChI is InChI=1S/C18H12BrN3S/c19-15-7-2-5-13(11-15)12-4-1-6-14(10-12)17-20-18(22-21-17)16-8-3-9-23-16/h1-11H,(H,20,21,22). The molecule has 0 radical (unpaired) electrons. The van der Waals surface area contributed by atoms with Crippen LogP contribution in [-0.4, -0.2) is 15.2 Å². The molecular weight excluding hydrogens is 370 g/mol. The summed E-state index contributed by atoms with van der Waals surface area (Å²) < 4.78 is 1.07. The quantitative estimate of drug-likeness (QED) is 0.499. The highest BCUT2D eigenvalue weighted by Gasteiger charge is 2.09. The van der Waals surface area contributed by atoms with Gasteiger partial charge in [0.1, 0.15) is 0 Å². The van der Waals surface area contributed by atoms with E-state index in [0.29, 0.717) is 5.82 Å². The molecule has 0 unspecified atom stereocenters. The predicted octanol–water partition coefficient (Wildman–Crippen LogP) is 5.63. The topological polar surface area (TPSA) is 41.6 Å². The second-order valence-corrected chi connectivity index (χ2v) is 6.94. The van der Waals surface area contributed by atoms with E-state index in [1.165, 1.54) is 0 Å². The van der Waals surface area contributed by atoms with Crippen LogP contribution in [0, 0.1) is 0 Å². The summed E-state index contributed by atoms with van der Waals surface area (Å²) in [5.74, 6) is 1.52. The van der Waals surface area contributed by atoms with Crippen LogP contribution >= 0.6 is 27.3 Å². The molecule has 2 heterocycles. The van der Waals surface area contributed by atoms with E-state index in [0.717, 1.165) is 31.9 Å². The van der Waals surface area contributed by atoms with Gasteiger partial charge in [-0.3, -0.25) is 5.10 Å². The van der Waals surface area contributed by atoms with Crippen LogP contribution in [0.25, 0.3) is 33.2 Å². The first kappa shape index (κ1) is 14.4. The molecular formula is C18H12BrN3S. The van der Waals surface area contributed by atoms with Gasteiger partial charge < -0.3 is 0 Å². The largest absolute Gasteiger partial charge is 0.258 e. The molecule has 0 spiro atoms. The van der Waals surface area contributed by atoms with Crippen molar-refractivity contribution >= 4 is 27.3 Å². The Morgan fingerprint density at radius 2 is 1.65 bits per heavy atom. The SMILES string of the molecule is Brc1cccc(-c2cccc(-c3n[nH]c(-c4cccs4)n3)c2)c1. The Morgan fingerprint density at radius 1 is 0.870 bits per heavy atom. The van der Waals surface area contributed by atoms with Crippen molar-refractivity contribution in [3.05, 3.63) is 70.5 Å². The summed E-state index contributed by atoms with van der Waals surface area (Å²) in [6.07, 6.45) is 0. The van der Waals surface area contributed by atoms with Crippen LogP contribution in [0.3, 0.4) is 0 Å². The van der Waals surface area contributed by atoms with Crippen LogP contribution in [0.1, 0.15) is 0 Å². The van der Waals surface area contributed by atoms with E-state index in [1.54, 1.807) is 11.3 Å². The zero-order valence-electron chi connectivity index (χ0n) is 12.0. The highest BCUT2D eigenvalue weighted by Crippen LogP contribution is 2.28. The molecule has 0 atom stereocenters. The number of hydrogen-bond donors (Lipinski definition) is 1. The van der Waals surface area contributed by atoms with Crippen molar-refractivity contribution in [2.75, 3.05) is 0 Å². The molecule has 112 valence electrons. The number of rotatable bonds is 3. The molecule has 0 bridgehead atoms. The third-order valence-corrected chi connectivity index (χ3v) is 4.89. The van der Waals surface area contributed by atoms with Crippen LogP contribution in [0.4, 0.5) is 0 Å². The molecule has 0 fully saturated rings. The van der Waals surface area contributed by atoms with Gasteiger partial charge in [-0.25, -0.2) is 4.98 Å². The molecule has 0 aliphatic rings. The van der Waals surface area contributed by atoms with E-state index in [9.17, 15) is 0 Å². The minimum Gasteiger partial charge on any atom is -0.258 e. The zero-order valence-corrected chi connectivity index (χ0v) is 14.4. The minimum atomic E-state index is 0.713. The number of benzene rings is 2. The molecule has 5 heteroatoms. The van der Waals surface area contributed by atoms with E-state index in [-0.39, 0.29) is 0 Å². The first-order valence-electron chi connectivity index (χ1n) is 7.12. The van der Waals surface area contributed by atoms with Gasteiger partial charge in [0.05, 0.1) is 4.88 Å². The van der Waals surface area contributed by atoms with E-state index in [2.05, 4.69) is 55.4 Å². The van der Waals surface area contributed by atoms with Crippen molar-refractivity contribution in [3.63, 3.8) is 0 Å². The Bertz CT molecular complexity index is 944. The number of thiophene rings is 1.